The Morgan fingerprint density at radius 2 is 1.58 bits per heavy atom. The van der Waals surface area contributed by atoms with Crippen molar-refractivity contribution in [2.75, 3.05) is 20.3 Å². The summed E-state index contributed by atoms with van der Waals surface area (Å²) in [6, 6.07) is 0. The fraction of sp³-hybridized carbons (Fsp3) is 0.895. The number of hydrogen-bond donors (Lipinski definition) is 0. The van der Waals surface area contributed by atoms with E-state index in [-0.39, 0.29) is 30.9 Å². The third-order valence-electron chi connectivity index (χ3n) is 3.66. The highest BCUT2D eigenvalue weighted by Crippen LogP contribution is 2.14. The minimum absolute atomic E-state index is 0.0730. The van der Waals surface area contributed by atoms with Crippen molar-refractivity contribution in [1.82, 2.24) is 0 Å². The number of unbranched alkanes of at least 4 members (excludes halogenated alkanes) is 3. The van der Waals surface area contributed by atoms with Crippen molar-refractivity contribution in [3.8, 4) is 0 Å². The summed E-state index contributed by atoms with van der Waals surface area (Å²) in [7, 11) is 1.67. The SMILES string of the molecule is CCCCCCC(CCCOC)OC(=O)CCC(=O)OCC(C)C. The number of ether oxygens (including phenoxy) is 3. The summed E-state index contributed by atoms with van der Waals surface area (Å²) in [5.41, 5.74) is 0. The Morgan fingerprint density at radius 3 is 2.21 bits per heavy atom. The molecule has 0 aromatic carbocycles. The molecule has 0 radical (unpaired) electrons. The van der Waals surface area contributed by atoms with Gasteiger partial charge < -0.3 is 14.2 Å². The van der Waals surface area contributed by atoms with Crippen LogP contribution in [0.4, 0.5) is 0 Å². The quantitative estimate of drug-likeness (QED) is 0.328. The normalized spacial score (nSPS) is 12.2. The zero-order valence-corrected chi connectivity index (χ0v) is 16.0. The van der Waals surface area contributed by atoms with E-state index in [9.17, 15) is 9.59 Å². The van der Waals surface area contributed by atoms with Crippen LogP contribution < -0.4 is 0 Å². The fourth-order valence-corrected chi connectivity index (χ4v) is 2.30. The van der Waals surface area contributed by atoms with E-state index in [1.165, 1.54) is 12.8 Å². The summed E-state index contributed by atoms with van der Waals surface area (Å²) in [6.07, 6.45) is 7.29. The van der Waals surface area contributed by atoms with Gasteiger partial charge in [0.25, 0.3) is 0 Å². The van der Waals surface area contributed by atoms with E-state index in [2.05, 4.69) is 6.92 Å². The Kier molecular flexibility index (Phi) is 14.7. The number of methoxy groups -OCH3 is 1. The first-order chi connectivity index (χ1) is 11.5. The smallest absolute Gasteiger partial charge is 0.306 e. The summed E-state index contributed by atoms with van der Waals surface area (Å²) in [6.45, 7) is 7.19. The van der Waals surface area contributed by atoms with E-state index in [0.29, 0.717) is 19.1 Å². The molecule has 0 aromatic heterocycles. The second-order valence-electron chi connectivity index (χ2n) is 6.67. The molecule has 0 heterocycles. The minimum Gasteiger partial charge on any atom is -0.465 e. The summed E-state index contributed by atoms with van der Waals surface area (Å²) in [4.78, 5) is 23.5. The molecule has 1 unspecified atom stereocenters. The lowest BCUT2D eigenvalue weighted by molar-refractivity contribution is -0.154. The molecule has 5 nitrogen and oxygen atoms in total. The molecule has 0 spiro atoms. The molecule has 1 atom stereocenters. The first-order valence-electron chi connectivity index (χ1n) is 9.33. The van der Waals surface area contributed by atoms with Gasteiger partial charge in [-0.15, -0.1) is 0 Å². The number of rotatable bonds is 15. The molecule has 0 amide bonds. The molecule has 0 bridgehead atoms. The molecule has 142 valence electrons. The molecule has 24 heavy (non-hydrogen) atoms. The van der Waals surface area contributed by atoms with Crippen LogP contribution in [0, 0.1) is 5.92 Å². The van der Waals surface area contributed by atoms with E-state index in [1.54, 1.807) is 7.11 Å². The predicted octanol–water partition coefficient (Wildman–Crippen LogP) is 4.27. The van der Waals surface area contributed by atoms with E-state index < -0.39 is 0 Å². The number of esters is 2. The molecular formula is C19H36O5. The monoisotopic (exact) mass is 344 g/mol. The number of carbonyl (C=O) groups is 2. The third-order valence-corrected chi connectivity index (χ3v) is 3.66. The maximum absolute atomic E-state index is 12.0. The van der Waals surface area contributed by atoms with Crippen LogP contribution in [0.25, 0.3) is 0 Å². The average Bonchev–Trinajstić information content (AvgIpc) is 2.54. The molecule has 0 rings (SSSR count). The van der Waals surface area contributed by atoms with Gasteiger partial charge in [0, 0.05) is 13.7 Å². The van der Waals surface area contributed by atoms with Crippen molar-refractivity contribution >= 4 is 11.9 Å². The minimum atomic E-state index is -0.334. The largest absolute Gasteiger partial charge is 0.465 e. The second-order valence-corrected chi connectivity index (χ2v) is 6.67. The lowest BCUT2D eigenvalue weighted by atomic mass is 10.1. The summed E-state index contributed by atoms with van der Waals surface area (Å²) < 4.78 is 15.7. The van der Waals surface area contributed by atoms with Crippen LogP contribution in [0.1, 0.15) is 78.6 Å². The van der Waals surface area contributed by atoms with Crippen molar-refractivity contribution in [2.24, 2.45) is 5.92 Å². The van der Waals surface area contributed by atoms with Gasteiger partial charge in [-0.1, -0.05) is 40.0 Å². The summed E-state index contributed by atoms with van der Waals surface area (Å²) >= 11 is 0. The standard InChI is InChI=1S/C19H36O5/c1-5-6-7-8-10-17(11-9-14-22-4)24-19(21)13-12-18(20)23-15-16(2)3/h16-17H,5-15H2,1-4H3. The summed E-state index contributed by atoms with van der Waals surface area (Å²) in [5, 5.41) is 0. The first-order valence-corrected chi connectivity index (χ1v) is 9.33. The molecule has 0 aliphatic heterocycles. The zero-order valence-electron chi connectivity index (χ0n) is 16.0. The highest BCUT2D eigenvalue weighted by Gasteiger charge is 2.16. The van der Waals surface area contributed by atoms with Crippen LogP contribution in [-0.2, 0) is 23.8 Å². The van der Waals surface area contributed by atoms with E-state index >= 15 is 0 Å². The molecule has 0 saturated carbocycles. The predicted molar refractivity (Wildman–Crippen MR) is 94.8 cm³/mol. The Hall–Kier alpha value is -1.10. The molecule has 0 aliphatic carbocycles. The topological polar surface area (TPSA) is 61.8 Å². The Morgan fingerprint density at radius 1 is 0.917 bits per heavy atom. The van der Waals surface area contributed by atoms with Gasteiger partial charge in [-0.3, -0.25) is 9.59 Å². The van der Waals surface area contributed by atoms with Crippen LogP contribution in [0.2, 0.25) is 0 Å². The molecule has 0 saturated heterocycles. The number of hydrogen-bond acceptors (Lipinski definition) is 5. The van der Waals surface area contributed by atoms with E-state index in [1.807, 2.05) is 13.8 Å². The molecule has 0 N–H and O–H groups in total. The van der Waals surface area contributed by atoms with Gasteiger partial charge in [-0.05, 0) is 31.6 Å². The molecule has 5 heteroatoms. The van der Waals surface area contributed by atoms with Crippen LogP contribution >= 0.6 is 0 Å². The highest BCUT2D eigenvalue weighted by molar-refractivity contribution is 5.77. The van der Waals surface area contributed by atoms with Gasteiger partial charge in [-0.2, -0.15) is 0 Å². The van der Waals surface area contributed by atoms with Gasteiger partial charge in [-0.25, -0.2) is 0 Å². The Balaban J connectivity index is 4.08. The average molecular weight is 344 g/mol. The fourth-order valence-electron chi connectivity index (χ4n) is 2.30. The molecule has 0 aromatic rings. The van der Waals surface area contributed by atoms with Gasteiger partial charge in [0.1, 0.15) is 6.10 Å². The highest BCUT2D eigenvalue weighted by atomic mass is 16.5. The number of carbonyl (C=O) groups excluding carboxylic acids is 2. The lowest BCUT2D eigenvalue weighted by Gasteiger charge is -2.18. The van der Waals surface area contributed by atoms with Crippen LogP contribution in [0.3, 0.4) is 0 Å². The molecular weight excluding hydrogens is 308 g/mol. The van der Waals surface area contributed by atoms with Gasteiger partial charge in [0.05, 0.1) is 19.4 Å². The summed E-state index contributed by atoms with van der Waals surface area (Å²) in [5.74, 6) is -0.344. The Labute approximate surface area is 147 Å². The van der Waals surface area contributed by atoms with Crippen LogP contribution in [0.5, 0.6) is 0 Å². The van der Waals surface area contributed by atoms with Gasteiger partial charge >= 0.3 is 11.9 Å². The Bertz CT molecular complexity index is 328. The van der Waals surface area contributed by atoms with Crippen molar-refractivity contribution in [2.45, 2.75) is 84.7 Å². The van der Waals surface area contributed by atoms with Crippen LogP contribution in [0.15, 0.2) is 0 Å². The van der Waals surface area contributed by atoms with Crippen molar-refractivity contribution in [3.05, 3.63) is 0 Å². The van der Waals surface area contributed by atoms with Gasteiger partial charge in [0.2, 0.25) is 0 Å². The zero-order chi connectivity index (χ0) is 18.2. The van der Waals surface area contributed by atoms with E-state index in [0.717, 1.165) is 32.1 Å². The van der Waals surface area contributed by atoms with Crippen LogP contribution in [-0.4, -0.2) is 38.4 Å². The second kappa shape index (κ2) is 15.4. The van der Waals surface area contributed by atoms with Gasteiger partial charge in [0.15, 0.2) is 0 Å². The van der Waals surface area contributed by atoms with Crippen molar-refractivity contribution < 1.29 is 23.8 Å². The maximum atomic E-state index is 12.0. The van der Waals surface area contributed by atoms with Crippen molar-refractivity contribution in [1.29, 1.82) is 0 Å². The molecule has 0 fully saturated rings. The van der Waals surface area contributed by atoms with Crippen molar-refractivity contribution in [3.63, 3.8) is 0 Å². The third kappa shape index (κ3) is 14.5. The maximum Gasteiger partial charge on any atom is 0.306 e. The first kappa shape index (κ1) is 22.9. The molecule has 0 aliphatic rings. The van der Waals surface area contributed by atoms with E-state index in [4.69, 9.17) is 14.2 Å². The lowest BCUT2D eigenvalue weighted by Crippen LogP contribution is -2.20.